The maximum Gasteiger partial charge on any atom is 0.0597 e. The van der Waals surface area contributed by atoms with Crippen molar-refractivity contribution in [3.8, 4) is 0 Å². The van der Waals surface area contributed by atoms with Crippen LogP contribution in [0.3, 0.4) is 0 Å². The Balaban J connectivity index is 1.71. The molecule has 4 nitrogen and oxygen atoms in total. The molecule has 0 radical (unpaired) electrons. The van der Waals surface area contributed by atoms with E-state index in [1.54, 1.807) is 0 Å². The molecule has 0 amide bonds. The highest BCUT2D eigenvalue weighted by Crippen LogP contribution is 2.35. The summed E-state index contributed by atoms with van der Waals surface area (Å²) in [5.41, 5.74) is 2.44. The zero-order valence-electron chi connectivity index (χ0n) is 13.5. The van der Waals surface area contributed by atoms with Gasteiger partial charge in [-0.3, -0.25) is 9.58 Å². The number of aliphatic hydroxyl groups excluding tert-OH is 1. The van der Waals surface area contributed by atoms with Crippen LogP contribution in [0.15, 0.2) is 6.07 Å². The van der Waals surface area contributed by atoms with Gasteiger partial charge in [0.1, 0.15) is 0 Å². The molecule has 118 valence electrons. The lowest BCUT2D eigenvalue weighted by atomic mass is 9.80. The lowest BCUT2D eigenvalue weighted by Crippen LogP contribution is -2.42. The van der Waals surface area contributed by atoms with Crippen molar-refractivity contribution in [2.45, 2.75) is 77.6 Å². The van der Waals surface area contributed by atoms with Crippen molar-refractivity contribution in [2.75, 3.05) is 6.54 Å². The average Bonchev–Trinajstić information content (AvgIpc) is 3.06. The first kappa shape index (κ1) is 15.0. The van der Waals surface area contributed by atoms with Crippen LogP contribution in [0.1, 0.15) is 56.8 Å². The lowest BCUT2D eigenvalue weighted by Gasteiger charge is -2.37. The minimum atomic E-state index is -0.0813. The number of rotatable bonds is 4. The highest BCUT2D eigenvalue weighted by molar-refractivity contribution is 5.09. The number of likely N-dealkylation sites (tertiary alicyclic amines) is 1. The molecule has 1 N–H and O–H groups in total. The average molecular weight is 291 g/mol. The Hall–Kier alpha value is -0.870. The van der Waals surface area contributed by atoms with E-state index in [1.807, 2.05) is 0 Å². The summed E-state index contributed by atoms with van der Waals surface area (Å²) in [5, 5.41) is 14.9. The molecule has 1 saturated heterocycles. The standard InChI is InChI=1S/C17H29N3O/c1-3-20-14(11-13(2)18-20)12-19-10-6-8-16(19)15-7-4-5-9-17(15)21/h11,15-17,21H,3-10,12H2,1-2H3. The topological polar surface area (TPSA) is 41.3 Å². The van der Waals surface area contributed by atoms with E-state index in [1.165, 1.54) is 44.3 Å². The largest absolute Gasteiger partial charge is 0.393 e. The third-order valence-corrected chi connectivity index (χ3v) is 5.34. The first-order valence-corrected chi connectivity index (χ1v) is 8.64. The van der Waals surface area contributed by atoms with Gasteiger partial charge in [-0.25, -0.2) is 0 Å². The third kappa shape index (κ3) is 3.16. The Morgan fingerprint density at radius 1 is 1.24 bits per heavy atom. The molecule has 2 heterocycles. The molecule has 0 aromatic carbocycles. The van der Waals surface area contributed by atoms with Gasteiger partial charge in [0.05, 0.1) is 17.5 Å². The molecule has 1 aliphatic carbocycles. The predicted octanol–water partition coefficient (Wildman–Crippen LogP) is 2.73. The van der Waals surface area contributed by atoms with Crippen LogP contribution in [-0.2, 0) is 13.1 Å². The van der Waals surface area contributed by atoms with E-state index in [0.717, 1.165) is 25.2 Å². The zero-order chi connectivity index (χ0) is 14.8. The molecule has 1 aromatic heterocycles. The maximum absolute atomic E-state index is 10.4. The number of hydrogen-bond acceptors (Lipinski definition) is 3. The van der Waals surface area contributed by atoms with Gasteiger partial charge >= 0.3 is 0 Å². The van der Waals surface area contributed by atoms with Crippen LogP contribution in [0, 0.1) is 12.8 Å². The molecule has 21 heavy (non-hydrogen) atoms. The van der Waals surface area contributed by atoms with E-state index in [9.17, 15) is 5.11 Å². The molecule has 1 aromatic rings. The van der Waals surface area contributed by atoms with E-state index < -0.39 is 0 Å². The van der Waals surface area contributed by atoms with Crippen LogP contribution in [-0.4, -0.2) is 38.5 Å². The molecule has 1 aliphatic heterocycles. The first-order valence-electron chi connectivity index (χ1n) is 8.64. The van der Waals surface area contributed by atoms with E-state index in [2.05, 4.69) is 34.6 Å². The molecule has 4 heteroatoms. The summed E-state index contributed by atoms with van der Waals surface area (Å²) in [4.78, 5) is 2.60. The molecule has 1 saturated carbocycles. The fourth-order valence-electron chi connectivity index (χ4n) is 4.33. The van der Waals surface area contributed by atoms with Crippen LogP contribution in [0.4, 0.5) is 0 Å². The van der Waals surface area contributed by atoms with Gasteiger partial charge in [-0.15, -0.1) is 0 Å². The number of aryl methyl sites for hydroxylation is 2. The second-order valence-electron chi connectivity index (χ2n) is 6.79. The Morgan fingerprint density at radius 2 is 2.05 bits per heavy atom. The Kier molecular flexibility index (Phi) is 4.65. The predicted molar refractivity (Wildman–Crippen MR) is 84.0 cm³/mol. The molecule has 3 unspecified atom stereocenters. The van der Waals surface area contributed by atoms with Crippen LogP contribution in [0.25, 0.3) is 0 Å². The Labute approximate surface area is 128 Å². The zero-order valence-corrected chi connectivity index (χ0v) is 13.5. The van der Waals surface area contributed by atoms with Crippen molar-refractivity contribution in [3.05, 3.63) is 17.5 Å². The second kappa shape index (κ2) is 6.49. The molecule has 2 fully saturated rings. The monoisotopic (exact) mass is 291 g/mol. The van der Waals surface area contributed by atoms with Gasteiger partial charge < -0.3 is 5.11 Å². The second-order valence-corrected chi connectivity index (χ2v) is 6.79. The number of aromatic nitrogens is 2. The summed E-state index contributed by atoms with van der Waals surface area (Å²) in [6.45, 7) is 7.32. The summed E-state index contributed by atoms with van der Waals surface area (Å²) < 4.78 is 2.13. The molecule has 0 spiro atoms. The summed E-state index contributed by atoms with van der Waals surface area (Å²) in [7, 11) is 0. The molecule has 3 rings (SSSR count). The maximum atomic E-state index is 10.4. The van der Waals surface area contributed by atoms with Crippen molar-refractivity contribution in [1.82, 2.24) is 14.7 Å². The minimum absolute atomic E-state index is 0.0813. The fraction of sp³-hybridized carbons (Fsp3) is 0.824. The van der Waals surface area contributed by atoms with E-state index in [0.29, 0.717) is 12.0 Å². The van der Waals surface area contributed by atoms with Gasteiger partial charge in [0, 0.05) is 25.0 Å². The highest BCUT2D eigenvalue weighted by Gasteiger charge is 2.37. The quantitative estimate of drug-likeness (QED) is 0.927. The summed E-state index contributed by atoms with van der Waals surface area (Å²) in [6, 6.07) is 2.79. The molecule has 3 atom stereocenters. The number of hydrogen-bond donors (Lipinski definition) is 1. The highest BCUT2D eigenvalue weighted by atomic mass is 16.3. The van der Waals surface area contributed by atoms with E-state index >= 15 is 0 Å². The van der Waals surface area contributed by atoms with Crippen LogP contribution in [0.2, 0.25) is 0 Å². The van der Waals surface area contributed by atoms with Crippen molar-refractivity contribution in [1.29, 1.82) is 0 Å². The van der Waals surface area contributed by atoms with Crippen molar-refractivity contribution < 1.29 is 5.11 Å². The van der Waals surface area contributed by atoms with Crippen molar-refractivity contribution >= 4 is 0 Å². The summed E-state index contributed by atoms with van der Waals surface area (Å²) in [6.07, 6.45) is 7.13. The van der Waals surface area contributed by atoms with Gasteiger partial charge in [-0.1, -0.05) is 12.8 Å². The van der Waals surface area contributed by atoms with Gasteiger partial charge in [0.25, 0.3) is 0 Å². The lowest BCUT2D eigenvalue weighted by molar-refractivity contribution is 0.0196. The molecule has 0 bridgehead atoms. The normalized spacial score (nSPS) is 30.9. The summed E-state index contributed by atoms with van der Waals surface area (Å²) >= 11 is 0. The first-order chi connectivity index (χ1) is 10.2. The molecular formula is C17H29N3O. The van der Waals surface area contributed by atoms with Crippen molar-refractivity contribution in [3.63, 3.8) is 0 Å². The van der Waals surface area contributed by atoms with Gasteiger partial charge in [0.2, 0.25) is 0 Å². The number of aliphatic hydroxyl groups is 1. The van der Waals surface area contributed by atoms with Crippen LogP contribution < -0.4 is 0 Å². The third-order valence-electron chi connectivity index (χ3n) is 5.34. The smallest absolute Gasteiger partial charge is 0.0597 e. The van der Waals surface area contributed by atoms with Crippen LogP contribution >= 0.6 is 0 Å². The number of nitrogens with zero attached hydrogens (tertiary/aromatic N) is 3. The summed E-state index contributed by atoms with van der Waals surface area (Å²) in [5.74, 6) is 0.486. The van der Waals surface area contributed by atoms with Gasteiger partial charge in [0.15, 0.2) is 0 Å². The fourth-order valence-corrected chi connectivity index (χ4v) is 4.33. The molecule has 2 aliphatic rings. The van der Waals surface area contributed by atoms with E-state index in [-0.39, 0.29) is 6.10 Å². The minimum Gasteiger partial charge on any atom is -0.393 e. The molecular weight excluding hydrogens is 262 g/mol. The van der Waals surface area contributed by atoms with Gasteiger partial charge in [-0.05, 0) is 52.1 Å². The SMILES string of the molecule is CCn1nc(C)cc1CN1CCCC1C1CCCCC1O. The van der Waals surface area contributed by atoms with E-state index in [4.69, 9.17) is 0 Å². The van der Waals surface area contributed by atoms with Gasteiger partial charge in [-0.2, -0.15) is 5.10 Å². The van der Waals surface area contributed by atoms with Crippen molar-refractivity contribution in [2.24, 2.45) is 5.92 Å². The Bertz CT molecular complexity index is 471. The Morgan fingerprint density at radius 3 is 2.81 bits per heavy atom. The van der Waals surface area contributed by atoms with Crippen LogP contribution in [0.5, 0.6) is 0 Å².